The van der Waals surface area contributed by atoms with Crippen LogP contribution in [0.3, 0.4) is 0 Å². The second-order valence-corrected chi connectivity index (χ2v) is 7.86. The number of anilines is 1. The molecule has 0 spiro atoms. The van der Waals surface area contributed by atoms with Crippen molar-refractivity contribution in [3.05, 3.63) is 71.4 Å². The van der Waals surface area contributed by atoms with Crippen molar-refractivity contribution in [3.8, 4) is 5.82 Å². The molecule has 4 rings (SSSR count). The molecule has 0 saturated carbocycles. The minimum Gasteiger partial charge on any atom is -0.352 e. The molecule has 7 nitrogen and oxygen atoms in total. The minimum atomic E-state index is -0.354. The number of carbonyl (C=O) groups is 2. The number of rotatable bonds is 5. The van der Waals surface area contributed by atoms with E-state index in [1.807, 2.05) is 43.7 Å². The van der Waals surface area contributed by atoms with Gasteiger partial charge in [0.15, 0.2) is 0 Å². The van der Waals surface area contributed by atoms with Crippen LogP contribution < -0.4 is 10.2 Å². The SMILES string of the molecule is Cc1cc(C)c(N2CC(C(=O)NCc3ccnc(-n4ccnc4)c3)CC2=O)c(C)c1. The predicted molar refractivity (Wildman–Crippen MR) is 114 cm³/mol. The topological polar surface area (TPSA) is 80.1 Å². The number of hydrogen-bond donors (Lipinski definition) is 1. The first kappa shape index (κ1) is 19.8. The van der Waals surface area contributed by atoms with Gasteiger partial charge in [-0.15, -0.1) is 0 Å². The van der Waals surface area contributed by atoms with Crippen molar-refractivity contribution in [3.63, 3.8) is 0 Å². The molecule has 154 valence electrons. The number of pyridine rings is 1. The van der Waals surface area contributed by atoms with Gasteiger partial charge < -0.3 is 10.2 Å². The smallest absolute Gasteiger partial charge is 0.227 e. The van der Waals surface area contributed by atoms with Crippen LogP contribution in [0.1, 0.15) is 28.7 Å². The second-order valence-electron chi connectivity index (χ2n) is 7.86. The summed E-state index contributed by atoms with van der Waals surface area (Å²) in [5.41, 5.74) is 5.16. The molecule has 0 aliphatic carbocycles. The monoisotopic (exact) mass is 403 g/mol. The van der Waals surface area contributed by atoms with E-state index in [1.54, 1.807) is 23.6 Å². The summed E-state index contributed by atoms with van der Waals surface area (Å²) in [6.45, 7) is 6.86. The first-order valence-electron chi connectivity index (χ1n) is 10.0. The molecule has 0 bridgehead atoms. The predicted octanol–water partition coefficient (Wildman–Crippen LogP) is 2.86. The lowest BCUT2D eigenvalue weighted by atomic mass is 10.0. The van der Waals surface area contributed by atoms with E-state index in [2.05, 4.69) is 27.4 Å². The summed E-state index contributed by atoms with van der Waals surface area (Å²) in [7, 11) is 0. The van der Waals surface area contributed by atoms with Crippen LogP contribution in [-0.2, 0) is 16.1 Å². The Morgan fingerprint density at radius 3 is 2.63 bits per heavy atom. The Morgan fingerprint density at radius 2 is 1.93 bits per heavy atom. The number of aryl methyl sites for hydroxylation is 3. The maximum Gasteiger partial charge on any atom is 0.227 e. The van der Waals surface area contributed by atoms with Gasteiger partial charge in [0.2, 0.25) is 11.8 Å². The van der Waals surface area contributed by atoms with Gasteiger partial charge in [-0.3, -0.25) is 14.2 Å². The van der Waals surface area contributed by atoms with Crippen LogP contribution in [0.15, 0.2) is 49.2 Å². The second kappa shape index (κ2) is 8.10. The highest BCUT2D eigenvalue weighted by atomic mass is 16.2. The molecule has 1 aliphatic heterocycles. The summed E-state index contributed by atoms with van der Waals surface area (Å²) in [4.78, 5) is 35.5. The third-order valence-electron chi connectivity index (χ3n) is 5.45. The van der Waals surface area contributed by atoms with Crippen LogP contribution in [0.25, 0.3) is 5.82 Å². The molecule has 3 heterocycles. The molecule has 2 aromatic heterocycles. The number of hydrogen-bond acceptors (Lipinski definition) is 4. The molecule has 1 atom stereocenters. The molecule has 2 amide bonds. The molecule has 1 fully saturated rings. The van der Waals surface area contributed by atoms with E-state index >= 15 is 0 Å². The minimum absolute atomic E-state index is 0.00323. The number of benzene rings is 1. The molecule has 1 unspecified atom stereocenters. The van der Waals surface area contributed by atoms with Crippen molar-refractivity contribution in [2.45, 2.75) is 33.7 Å². The summed E-state index contributed by atoms with van der Waals surface area (Å²) in [6, 6.07) is 7.92. The average molecular weight is 403 g/mol. The zero-order valence-corrected chi connectivity index (χ0v) is 17.4. The third kappa shape index (κ3) is 3.96. The molecule has 30 heavy (non-hydrogen) atoms. The van der Waals surface area contributed by atoms with E-state index in [9.17, 15) is 9.59 Å². The molecule has 1 saturated heterocycles. The van der Waals surface area contributed by atoms with E-state index in [-0.39, 0.29) is 24.2 Å². The number of aromatic nitrogens is 3. The number of nitrogens with zero attached hydrogens (tertiary/aromatic N) is 4. The molecule has 3 aromatic rings. The van der Waals surface area contributed by atoms with E-state index in [0.29, 0.717) is 13.1 Å². The maximum absolute atomic E-state index is 12.8. The van der Waals surface area contributed by atoms with Crippen LogP contribution in [0, 0.1) is 26.7 Å². The van der Waals surface area contributed by atoms with E-state index in [0.717, 1.165) is 28.2 Å². The number of nitrogens with one attached hydrogen (secondary N) is 1. The molecular weight excluding hydrogens is 378 g/mol. The molecule has 1 N–H and O–H groups in total. The molecule has 1 aliphatic rings. The van der Waals surface area contributed by atoms with Gasteiger partial charge in [-0.2, -0.15) is 0 Å². The quantitative estimate of drug-likeness (QED) is 0.710. The van der Waals surface area contributed by atoms with Crippen LogP contribution in [0.4, 0.5) is 5.69 Å². The zero-order chi connectivity index (χ0) is 21.3. The van der Waals surface area contributed by atoms with E-state index in [4.69, 9.17) is 0 Å². The van der Waals surface area contributed by atoms with Crippen LogP contribution >= 0.6 is 0 Å². The fourth-order valence-corrected chi connectivity index (χ4v) is 4.14. The van der Waals surface area contributed by atoms with Crippen LogP contribution in [0.2, 0.25) is 0 Å². The first-order chi connectivity index (χ1) is 14.4. The number of carbonyl (C=O) groups excluding carboxylic acids is 2. The summed E-state index contributed by atoms with van der Waals surface area (Å²) >= 11 is 0. The standard InChI is InChI=1S/C23H25N5O2/c1-15-8-16(2)22(17(3)9-15)28-13-19(11-21(28)29)23(30)26-12-18-4-5-25-20(10-18)27-7-6-24-14-27/h4-10,14,19H,11-13H2,1-3H3,(H,26,30). The highest BCUT2D eigenvalue weighted by molar-refractivity contribution is 6.01. The summed E-state index contributed by atoms with van der Waals surface area (Å²) in [5.74, 6) is 0.283. The fourth-order valence-electron chi connectivity index (χ4n) is 4.14. The van der Waals surface area contributed by atoms with Crippen LogP contribution in [-0.4, -0.2) is 32.9 Å². The molecule has 0 radical (unpaired) electrons. The highest BCUT2D eigenvalue weighted by Gasteiger charge is 2.36. The maximum atomic E-state index is 12.8. The Bertz CT molecular complexity index is 1070. The summed E-state index contributed by atoms with van der Waals surface area (Å²) in [6.07, 6.45) is 7.13. The Kier molecular flexibility index (Phi) is 5.35. The lowest BCUT2D eigenvalue weighted by Gasteiger charge is -2.22. The largest absolute Gasteiger partial charge is 0.352 e. The van der Waals surface area contributed by atoms with Gasteiger partial charge in [0.1, 0.15) is 12.1 Å². The van der Waals surface area contributed by atoms with Gasteiger partial charge in [-0.1, -0.05) is 17.7 Å². The Labute approximate surface area is 175 Å². The van der Waals surface area contributed by atoms with Crippen molar-refractivity contribution in [1.29, 1.82) is 0 Å². The zero-order valence-electron chi connectivity index (χ0n) is 17.4. The highest BCUT2D eigenvalue weighted by Crippen LogP contribution is 2.31. The lowest BCUT2D eigenvalue weighted by Crippen LogP contribution is -2.33. The Balaban J connectivity index is 1.42. The van der Waals surface area contributed by atoms with Crippen molar-refractivity contribution >= 4 is 17.5 Å². The first-order valence-corrected chi connectivity index (χ1v) is 10.0. The van der Waals surface area contributed by atoms with Gasteiger partial charge in [0.05, 0.1) is 5.92 Å². The Hall–Kier alpha value is -3.48. The number of imidazole rings is 1. The fraction of sp³-hybridized carbons (Fsp3) is 0.304. The third-order valence-corrected chi connectivity index (χ3v) is 5.45. The Morgan fingerprint density at radius 1 is 1.17 bits per heavy atom. The summed E-state index contributed by atoms with van der Waals surface area (Å²) in [5, 5.41) is 2.97. The lowest BCUT2D eigenvalue weighted by molar-refractivity contribution is -0.126. The van der Waals surface area contributed by atoms with Crippen molar-refractivity contribution in [2.24, 2.45) is 5.92 Å². The van der Waals surface area contributed by atoms with Crippen molar-refractivity contribution in [1.82, 2.24) is 19.9 Å². The van der Waals surface area contributed by atoms with Crippen molar-refractivity contribution in [2.75, 3.05) is 11.4 Å². The van der Waals surface area contributed by atoms with E-state index < -0.39 is 0 Å². The van der Waals surface area contributed by atoms with Crippen LogP contribution in [0.5, 0.6) is 0 Å². The van der Waals surface area contributed by atoms with Gasteiger partial charge in [0, 0.05) is 43.8 Å². The summed E-state index contributed by atoms with van der Waals surface area (Å²) < 4.78 is 1.81. The van der Waals surface area contributed by atoms with E-state index in [1.165, 1.54) is 5.56 Å². The van der Waals surface area contributed by atoms with Gasteiger partial charge in [-0.25, -0.2) is 9.97 Å². The molecular formula is C23H25N5O2. The normalized spacial score (nSPS) is 16.2. The molecule has 7 heteroatoms. The molecule has 1 aromatic carbocycles. The van der Waals surface area contributed by atoms with Gasteiger partial charge in [0.25, 0.3) is 0 Å². The number of amides is 2. The van der Waals surface area contributed by atoms with Gasteiger partial charge >= 0.3 is 0 Å². The average Bonchev–Trinajstić information content (AvgIpc) is 3.36. The van der Waals surface area contributed by atoms with Crippen molar-refractivity contribution < 1.29 is 9.59 Å². The van der Waals surface area contributed by atoms with Gasteiger partial charge in [-0.05, 0) is 49.6 Å².